The largest absolute Gasteiger partial charge is 0.449 e. The molecule has 0 radical (unpaired) electrons. The van der Waals surface area contributed by atoms with Crippen molar-refractivity contribution in [2.45, 2.75) is 45.2 Å². The minimum Gasteiger partial charge on any atom is -0.449 e. The topological polar surface area (TPSA) is 55.3 Å². The van der Waals surface area contributed by atoms with E-state index in [9.17, 15) is 0 Å². The molecule has 1 aliphatic heterocycles. The third kappa shape index (κ3) is 2.44. The van der Waals surface area contributed by atoms with Crippen LogP contribution >= 0.6 is 0 Å². The Morgan fingerprint density at radius 2 is 2.50 bits per heavy atom. The maximum absolute atomic E-state index is 5.76. The van der Waals surface area contributed by atoms with Gasteiger partial charge in [-0.1, -0.05) is 6.92 Å². The molecular weight excluding hydrogens is 202 g/mol. The normalized spacial score (nSPS) is 23.8. The second-order valence-corrected chi connectivity index (χ2v) is 4.58. The average Bonchev–Trinajstić information content (AvgIpc) is 2.87. The first-order valence-corrected chi connectivity index (χ1v) is 6.14. The molecule has 1 saturated heterocycles. The summed E-state index contributed by atoms with van der Waals surface area (Å²) >= 11 is 0. The van der Waals surface area contributed by atoms with Crippen molar-refractivity contribution in [3.8, 4) is 0 Å². The summed E-state index contributed by atoms with van der Waals surface area (Å²) in [6, 6.07) is 0.563. The molecule has 2 unspecified atom stereocenters. The summed E-state index contributed by atoms with van der Waals surface area (Å²) in [6.07, 6.45) is 5.15. The van der Waals surface area contributed by atoms with Crippen LogP contribution < -0.4 is 5.73 Å². The fraction of sp³-hybridized carbons (Fsp3) is 0.750. The van der Waals surface area contributed by atoms with Crippen LogP contribution in [-0.4, -0.2) is 29.0 Å². The van der Waals surface area contributed by atoms with Crippen LogP contribution in [0.25, 0.3) is 0 Å². The van der Waals surface area contributed by atoms with Gasteiger partial charge in [-0.3, -0.25) is 0 Å². The van der Waals surface area contributed by atoms with Crippen molar-refractivity contribution in [3.63, 3.8) is 0 Å². The van der Waals surface area contributed by atoms with E-state index >= 15 is 0 Å². The van der Waals surface area contributed by atoms with Gasteiger partial charge in [0.05, 0.1) is 5.69 Å². The van der Waals surface area contributed by atoms with Crippen LogP contribution in [-0.2, 0) is 6.42 Å². The molecule has 0 saturated carbocycles. The van der Waals surface area contributed by atoms with Crippen LogP contribution in [0.1, 0.15) is 44.3 Å². The molecule has 0 aliphatic carbocycles. The Kier molecular flexibility index (Phi) is 3.61. The molecule has 0 bridgehead atoms. The molecule has 1 fully saturated rings. The lowest BCUT2D eigenvalue weighted by molar-refractivity contribution is 0.254. The van der Waals surface area contributed by atoms with Crippen molar-refractivity contribution in [2.75, 3.05) is 13.1 Å². The van der Waals surface area contributed by atoms with Gasteiger partial charge in [0.2, 0.25) is 0 Å². The van der Waals surface area contributed by atoms with E-state index < -0.39 is 0 Å². The summed E-state index contributed by atoms with van der Waals surface area (Å²) in [7, 11) is 0. The van der Waals surface area contributed by atoms with Crippen LogP contribution in [0.5, 0.6) is 0 Å². The first-order chi connectivity index (χ1) is 7.70. The number of hydrogen-bond acceptors (Lipinski definition) is 4. The summed E-state index contributed by atoms with van der Waals surface area (Å²) in [4.78, 5) is 6.92. The molecule has 4 heteroatoms. The van der Waals surface area contributed by atoms with Gasteiger partial charge in [-0.25, -0.2) is 4.98 Å². The molecule has 1 aromatic heterocycles. The molecule has 2 atom stereocenters. The summed E-state index contributed by atoms with van der Waals surface area (Å²) in [5.74, 6) is 0.831. The monoisotopic (exact) mass is 223 g/mol. The van der Waals surface area contributed by atoms with E-state index in [2.05, 4.69) is 16.8 Å². The second kappa shape index (κ2) is 4.97. The summed E-state index contributed by atoms with van der Waals surface area (Å²) in [5, 5.41) is 0. The highest BCUT2D eigenvalue weighted by Gasteiger charge is 2.24. The van der Waals surface area contributed by atoms with E-state index in [0.29, 0.717) is 6.04 Å². The second-order valence-electron chi connectivity index (χ2n) is 4.58. The molecular formula is C12H21N3O. The SMILES string of the molecule is CCN1CCCC1Cc1nc(C(C)N)co1. The predicted molar refractivity (Wildman–Crippen MR) is 63.1 cm³/mol. The number of nitrogens with two attached hydrogens (primary N) is 1. The van der Waals surface area contributed by atoms with E-state index in [1.165, 1.54) is 19.4 Å². The highest BCUT2D eigenvalue weighted by Crippen LogP contribution is 2.21. The van der Waals surface area contributed by atoms with E-state index in [0.717, 1.165) is 24.6 Å². The van der Waals surface area contributed by atoms with Gasteiger partial charge in [-0.2, -0.15) is 0 Å². The van der Waals surface area contributed by atoms with Crippen molar-refractivity contribution in [2.24, 2.45) is 5.73 Å². The average molecular weight is 223 g/mol. The zero-order chi connectivity index (χ0) is 11.5. The number of likely N-dealkylation sites (tertiary alicyclic amines) is 1. The van der Waals surface area contributed by atoms with E-state index in [4.69, 9.17) is 10.2 Å². The zero-order valence-electron chi connectivity index (χ0n) is 10.1. The van der Waals surface area contributed by atoms with Crippen LogP contribution in [0.2, 0.25) is 0 Å². The lowest BCUT2D eigenvalue weighted by Gasteiger charge is -2.21. The molecule has 2 N–H and O–H groups in total. The van der Waals surface area contributed by atoms with E-state index in [1.807, 2.05) is 6.92 Å². The van der Waals surface area contributed by atoms with Crippen LogP contribution in [0.4, 0.5) is 0 Å². The molecule has 1 aromatic rings. The lowest BCUT2D eigenvalue weighted by Crippen LogP contribution is -2.30. The Morgan fingerprint density at radius 3 is 3.12 bits per heavy atom. The number of likely N-dealkylation sites (N-methyl/N-ethyl adjacent to an activating group) is 1. The molecule has 90 valence electrons. The van der Waals surface area contributed by atoms with Crippen molar-refractivity contribution in [3.05, 3.63) is 17.8 Å². The van der Waals surface area contributed by atoms with Gasteiger partial charge in [0.15, 0.2) is 5.89 Å². The molecule has 0 aromatic carbocycles. The highest BCUT2D eigenvalue weighted by atomic mass is 16.3. The van der Waals surface area contributed by atoms with E-state index in [1.54, 1.807) is 6.26 Å². The number of oxazole rings is 1. The molecule has 2 rings (SSSR count). The first-order valence-electron chi connectivity index (χ1n) is 6.14. The minimum absolute atomic E-state index is 0.0386. The Hall–Kier alpha value is -0.870. The number of aromatic nitrogens is 1. The molecule has 0 amide bonds. The van der Waals surface area contributed by atoms with Crippen molar-refractivity contribution >= 4 is 0 Å². The molecule has 4 nitrogen and oxygen atoms in total. The number of nitrogens with zero attached hydrogens (tertiary/aromatic N) is 2. The zero-order valence-corrected chi connectivity index (χ0v) is 10.1. The van der Waals surface area contributed by atoms with Gasteiger partial charge in [-0.05, 0) is 32.9 Å². The van der Waals surface area contributed by atoms with Gasteiger partial charge >= 0.3 is 0 Å². The maximum atomic E-state index is 5.76. The highest BCUT2D eigenvalue weighted by molar-refractivity contribution is 5.02. The van der Waals surface area contributed by atoms with Gasteiger partial charge in [-0.15, -0.1) is 0 Å². The fourth-order valence-electron chi connectivity index (χ4n) is 2.37. The van der Waals surface area contributed by atoms with E-state index in [-0.39, 0.29) is 6.04 Å². The molecule has 16 heavy (non-hydrogen) atoms. The molecule has 0 spiro atoms. The third-order valence-electron chi connectivity index (χ3n) is 3.35. The van der Waals surface area contributed by atoms with Gasteiger partial charge in [0.1, 0.15) is 6.26 Å². The smallest absolute Gasteiger partial charge is 0.195 e. The molecule has 1 aliphatic rings. The molecule has 2 heterocycles. The Morgan fingerprint density at radius 1 is 1.69 bits per heavy atom. The van der Waals surface area contributed by atoms with Crippen molar-refractivity contribution < 1.29 is 4.42 Å². The predicted octanol–water partition coefficient (Wildman–Crippen LogP) is 1.72. The summed E-state index contributed by atoms with van der Waals surface area (Å²) < 4.78 is 5.46. The Bertz CT molecular complexity index is 335. The quantitative estimate of drug-likeness (QED) is 0.844. The Balaban J connectivity index is 1.97. The lowest BCUT2D eigenvalue weighted by atomic mass is 10.1. The van der Waals surface area contributed by atoms with Gasteiger partial charge in [0.25, 0.3) is 0 Å². The number of hydrogen-bond donors (Lipinski definition) is 1. The van der Waals surface area contributed by atoms with Crippen molar-refractivity contribution in [1.29, 1.82) is 0 Å². The fourth-order valence-corrected chi connectivity index (χ4v) is 2.37. The summed E-state index contributed by atoms with van der Waals surface area (Å²) in [5.41, 5.74) is 6.61. The van der Waals surface area contributed by atoms with Gasteiger partial charge in [0, 0.05) is 18.5 Å². The first kappa shape index (κ1) is 11.6. The number of rotatable bonds is 4. The third-order valence-corrected chi connectivity index (χ3v) is 3.35. The van der Waals surface area contributed by atoms with Crippen LogP contribution in [0.15, 0.2) is 10.7 Å². The van der Waals surface area contributed by atoms with Gasteiger partial charge < -0.3 is 15.1 Å². The Labute approximate surface area is 96.8 Å². The van der Waals surface area contributed by atoms with Crippen LogP contribution in [0, 0.1) is 0 Å². The van der Waals surface area contributed by atoms with Crippen molar-refractivity contribution in [1.82, 2.24) is 9.88 Å². The van der Waals surface area contributed by atoms with Crippen LogP contribution in [0.3, 0.4) is 0 Å². The maximum Gasteiger partial charge on any atom is 0.195 e. The summed E-state index contributed by atoms with van der Waals surface area (Å²) in [6.45, 7) is 6.46. The minimum atomic E-state index is -0.0386. The standard InChI is InChI=1S/C12H21N3O/c1-3-15-6-4-5-10(15)7-12-14-11(8-16-12)9(2)13/h8-10H,3-7,13H2,1-2H3.